The molecule has 5 heteroatoms. The van der Waals surface area contributed by atoms with E-state index in [1.54, 1.807) is 18.5 Å². The Bertz CT molecular complexity index is 1010. The SMILES string of the molecule is OCc1ccc(-c2nccn2-c2ccc(/C=C/c3ccccn3)cc2)o1. The van der Waals surface area contributed by atoms with E-state index in [2.05, 4.69) is 9.97 Å². The van der Waals surface area contributed by atoms with E-state index >= 15 is 0 Å². The molecule has 0 aliphatic carbocycles. The van der Waals surface area contributed by atoms with Crippen molar-refractivity contribution in [3.05, 3.63) is 90.2 Å². The van der Waals surface area contributed by atoms with Crippen molar-refractivity contribution < 1.29 is 9.52 Å². The molecule has 0 atom stereocenters. The summed E-state index contributed by atoms with van der Waals surface area (Å²) in [4.78, 5) is 8.65. The first-order valence-corrected chi connectivity index (χ1v) is 8.26. The number of aliphatic hydroxyl groups is 1. The van der Waals surface area contributed by atoms with Crippen LogP contribution < -0.4 is 0 Å². The minimum Gasteiger partial charge on any atom is -0.455 e. The Hall–Kier alpha value is -3.44. The quantitative estimate of drug-likeness (QED) is 0.590. The molecule has 0 radical (unpaired) electrons. The predicted octanol–water partition coefficient (Wildman–Crippen LogP) is 4.19. The van der Waals surface area contributed by atoms with Gasteiger partial charge in [0.25, 0.3) is 0 Å². The maximum absolute atomic E-state index is 9.17. The molecule has 1 N–H and O–H groups in total. The number of imidazole rings is 1. The molecule has 26 heavy (non-hydrogen) atoms. The van der Waals surface area contributed by atoms with Crippen LogP contribution in [0.5, 0.6) is 0 Å². The Kier molecular flexibility index (Phi) is 4.45. The lowest BCUT2D eigenvalue weighted by atomic mass is 10.1. The molecule has 0 saturated heterocycles. The van der Waals surface area contributed by atoms with Crippen molar-refractivity contribution >= 4 is 12.2 Å². The van der Waals surface area contributed by atoms with Crippen molar-refractivity contribution in [3.8, 4) is 17.3 Å². The summed E-state index contributed by atoms with van der Waals surface area (Å²) in [7, 11) is 0. The van der Waals surface area contributed by atoms with Gasteiger partial charge in [0, 0.05) is 24.3 Å². The second-order valence-electron chi connectivity index (χ2n) is 5.72. The minimum atomic E-state index is -0.127. The van der Waals surface area contributed by atoms with Gasteiger partial charge >= 0.3 is 0 Å². The summed E-state index contributed by atoms with van der Waals surface area (Å²) in [6.45, 7) is -0.127. The average Bonchev–Trinajstić information content (AvgIpc) is 3.36. The molecule has 0 spiro atoms. The second-order valence-corrected chi connectivity index (χ2v) is 5.72. The van der Waals surface area contributed by atoms with Gasteiger partial charge in [-0.3, -0.25) is 9.55 Å². The maximum Gasteiger partial charge on any atom is 0.180 e. The smallest absolute Gasteiger partial charge is 0.180 e. The van der Waals surface area contributed by atoms with Crippen LogP contribution in [-0.2, 0) is 6.61 Å². The summed E-state index contributed by atoms with van der Waals surface area (Å²) in [6, 6.07) is 17.5. The van der Waals surface area contributed by atoms with Gasteiger partial charge < -0.3 is 9.52 Å². The topological polar surface area (TPSA) is 64.1 Å². The zero-order chi connectivity index (χ0) is 17.8. The van der Waals surface area contributed by atoms with E-state index in [0.29, 0.717) is 17.3 Å². The van der Waals surface area contributed by atoms with Crippen LogP contribution in [0.3, 0.4) is 0 Å². The van der Waals surface area contributed by atoms with E-state index in [9.17, 15) is 0 Å². The van der Waals surface area contributed by atoms with Crippen LogP contribution in [0.25, 0.3) is 29.4 Å². The number of hydrogen-bond donors (Lipinski definition) is 1. The van der Waals surface area contributed by atoms with E-state index in [1.807, 2.05) is 71.4 Å². The van der Waals surface area contributed by atoms with Crippen LogP contribution in [0.1, 0.15) is 17.0 Å². The highest BCUT2D eigenvalue weighted by Crippen LogP contribution is 2.24. The van der Waals surface area contributed by atoms with Gasteiger partial charge in [0.1, 0.15) is 12.4 Å². The van der Waals surface area contributed by atoms with Gasteiger partial charge in [0.15, 0.2) is 11.6 Å². The summed E-state index contributed by atoms with van der Waals surface area (Å²) in [5.41, 5.74) is 2.99. The average molecular weight is 343 g/mol. The van der Waals surface area contributed by atoms with Crippen molar-refractivity contribution in [1.29, 1.82) is 0 Å². The molecule has 0 amide bonds. The maximum atomic E-state index is 9.17. The predicted molar refractivity (Wildman–Crippen MR) is 100 cm³/mol. The van der Waals surface area contributed by atoms with E-state index in [1.165, 1.54) is 0 Å². The van der Waals surface area contributed by atoms with E-state index in [0.717, 1.165) is 16.9 Å². The lowest BCUT2D eigenvalue weighted by Gasteiger charge is -2.06. The Labute approximate surface area is 150 Å². The van der Waals surface area contributed by atoms with Crippen LogP contribution in [0, 0.1) is 0 Å². The molecule has 3 aromatic heterocycles. The number of pyridine rings is 1. The molecular weight excluding hydrogens is 326 g/mol. The molecular formula is C21H17N3O2. The largest absolute Gasteiger partial charge is 0.455 e. The molecule has 0 fully saturated rings. The number of aromatic nitrogens is 3. The first-order chi connectivity index (χ1) is 12.8. The molecule has 0 bridgehead atoms. The van der Waals surface area contributed by atoms with Crippen molar-refractivity contribution in [2.24, 2.45) is 0 Å². The normalized spacial score (nSPS) is 11.3. The van der Waals surface area contributed by atoms with Crippen LogP contribution in [-0.4, -0.2) is 19.6 Å². The van der Waals surface area contributed by atoms with Crippen molar-refractivity contribution in [1.82, 2.24) is 14.5 Å². The lowest BCUT2D eigenvalue weighted by Crippen LogP contribution is -1.95. The van der Waals surface area contributed by atoms with Crippen LogP contribution in [0.15, 0.2) is 77.6 Å². The molecule has 0 saturated carbocycles. The lowest BCUT2D eigenvalue weighted by molar-refractivity contribution is 0.248. The summed E-state index contributed by atoms with van der Waals surface area (Å²) in [5, 5.41) is 9.17. The summed E-state index contributed by atoms with van der Waals surface area (Å²) in [5.74, 6) is 1.84. The number of furan rings is 1. The first kappa shape index (κ1) is 16.1. The molecule has 0 unspecified atom stereocenters. The zero-order valence-electron chi connectivity index (χ0n) is 14.0. The number of aliphatic hydroxyl groups excluding tert-OH is 1. The fourth-order valence-corrected chi connectivity index (χ4v) is 2.68. The van der Waals surface area contributed by atoms with E-state index in [4.69, 9.17) is 9.52 Å². The van der Waals surface area contributed by atoms with Gasteiger partial charge in [0.05, 0.1) is 5.69 Å². The third-order valence-corrected chi connectivity index (χ3v) is 3.98. The van der Waals surface area contributed by atoms with Gasteiger partial charge in [-0.1, -0.05) is 24.3 Å². The third-order valence-electron chi connectivity index (χ3n) is 3.98. The summed E-state index contributed by atoms with van der Waals surface area (Å²) >= 11 is 0. The van der Waals surface area contributed by atoms with Crippen molar-refractivity contribution in [2.75, 3.05) is 0 Å². The van der Waals surface area contributed by atoms with E-state index in [-0.39, 0.29) is 6.61 Å². The summed E-state index contributed by atoms with van der Waals surface area (Å²) in [6.07, 6.45) is 9.40. The number of rotatable bonds is 5. The first-order valence-electron chi connectivity index (χ1n) is 8.26. The molecule has 5 nitrogen and oxygen atoms in total. The fraction of sp³-hybridized carbons (Fsp3) is 0.0476. The second kappa shape index (κ2) is 7.21. The molecule has 0 aliphatic heterocycles. The van der Waals surface area contributed by atoms with Gasteiger partial charge in [-0.25, -0.2) is 4.98 Å². The summed E-state index contributed by atoms with van der Waals surface area (Å²) < 4.78 is 7.55. The molecule has 0 aliphatic rings. The molecule has 3 heterocycles. The highest BCUT2D eigenvalue weighted by Gasteiger charge is 2.11. The van der Waals surface area contributed by atoms with Gasteiger partial charge in [0.2, 0.25) is 0 Å². The van der Waals surface area contributed by atoms with Crippen molar-refractivity contribution in [3.63, 3.8) is 0 Å². The number of hydrogen-bond acceptors (Lipinski definition) is 4. The monoisotopic (exact) mass is 343 g/mol. The van der Waals surface area contributed by atoms with Crippen LogP contribution in [0.4, 0.5) is 0 Å². The zero-order valence-corrected chi connectivity index (χ0v) is 14.0. The van der Waals surface area contributed by atoms with Gasteiger partial charge in [-0.15, -0.1) is 0 Å². The standard InChI is InChI=1S/C21H17N3O2/c25-15-19-10-11-20(26-19)21-23-13-14-24(21)18-8-5-16(6-9-18)4-7-17-3-1-2-12-22-17/h1-14,25H,15H2/b7-4+. The van der Waals surface area contributed by atoms with E-state index < -0.39 is 0 Å². The van der Waals surface area contributed by atoms with Gasteiger partial charge in [-0.05, 0) is 48.0 Å². The van der Waals surface area contributed by atoms with Crippen molar-refractivity contribution in [2.45, 2.75) is 6.61 Å². The highest BCUT2D eigenvalue weighted by atomic mass is 16.4. The Balaban J connectivity index is 1.58. The molecule has 4 aromatic rings. The fourth-order valence-electron chi connectivity index (χ4n) is 2.68. The third kappa shape index (κ3) is 3.34. The molecule has 128 valence electrons. The minimum absolute atomic E-state index is 0.127. The number of nitrogens with zero attached hydrogens (tertiary/aromatic N) is 3. The Morgan fingerprint density at radius 2 is 1.81 bits per heavy atom. The van der Waals surface area contributed by atoms with Gasteiger partial charge in [-0.2, -0.15) is 0 Å². The number of benzene rings is 1. The Morgan fingerprint density at radius 3 is 2.54 bits per heavy atom. The van der Waals surface area contributed by atoms with Crippen LogP contribution in [0.2, 0.25) is 0 Å². The Morgan fingerprint density at radius 1 is 0.923 bits per heavy atom. The molecule has 4 rings (SSSR count). The molecule has 1 aromatic carbocycles. The van der Waals surface area contributed by atoms with Crippen LogP contribution >= 0.6 is 0 Å². The highest BCUT2D eigenvalue weighted by molar-refractivity contribution is 5.68.